The van der Waals surface area contributed by atoms with Crippen molar-refractivity contribution in [3.63, 3.8) is 0 Å². The molecule has 0 saturated heterocycles. The molecule has 1 rings (SSSR count). The van der Waals surface area contributed by atoms with E-state index in [9.17, 15) is 9.59 Å². The van der Waals surface area contributed by atoms with Crippen molar-refractivity contribution in [1.29, 1.82) is 0 Å². The minimum atomic E-state index is -0.677. The molecule has 5 heteroatoms. The first-order chi connectivity index (χ1) is 8.51. The molecule has 1 unspecified atom stereocenters. The molecule has 0 radical (unpaired) electrons. The molecule has 0 bridgehead atoms. The predicted molar refractivity (Wildman–Crippen MR) is 73.5 cm³/mol. The maximum Gasteiger partial charge on any atom is 0.338 e. The van der Waals surface area contributed by atoms with Gasteiger partial charge in [-0.2, -0.15) is 0 Å². The Kier molecular flexibility index (Phi) is 5.69. The number of esters is 1. The molecule has 0 spiro atoms. The van der Waals surface area contributed by atoms with Crippen molar-refractivity contribution in [3.05, 3.63) is 29.3 Å². The lowest BCUT2D eigenvalue weighted by atomic mass is 10.1. The van der Waals surface area contributed by atoms with Gasteiger partial charge in [0.2, 0.25) is 0 Å². The van der Waals surface area contributed by atoms with Crippen molar-refractivity contribution in [2.75, 3.05) is 12.9 Å². The summed E-state index contributed by atoms with van der Waals surface area (Å²) in [6, 6.07) is 5.04. The Balaban J connectivity index is 3.11. The second-order valence-corrected chi connectivity index (χ2v) is 4.93. The van der Waals surface area contributed by atoms with Gasteiger partial charge in [0.25, 0.3) is 0 Å². The lowest BCUT2D eigenvalue weighted by Gasteiger charge is -2.12. The predicted octanol–water partition coefficient (Wildman–Crippen LogP) is 3.45. The standard InChI is InChI=1S/C13H15ClO3S/c1-4-17-13(16)9-5-6-10(11(7-9)18-3)12(14)8(2)15/h5-7,12H,4H2,1-3H3. The molecule has 3 nitrogen and oxygen atoms in total. The first-order valence-electron chi connectivity index (χ1n) is 5.50. The number of ketones is 1. The van der Waals surface area contributed by atoms with Crippen molar-refractivity contribution in [2.24, 2.45) is 0 Å². The van der Waals surface area contributed by atoms with Crippen molar-refractivity contribution in [1.82, 2.24) is 0 Å². The summed E-state index contributed by atoms with van der Waals surface area (Å²) >= 11 is 7.49. The Bertz CT molecular complexity index is 460. The molecule has 0 saturated carbocycles. The molecule has 98 valence electrons. The third kappa shape index (κ3) is 3.50. The van der Waals surface area contributed by atoms with E-state index < -0.39 is 5.38 Å². The van der Waals surface area contributed by atoms with Gasteiger partial charge in [-0.05, 0) is 37.8 Å². The minimum absolute atomic E-state index is 0.115. The highest BCUT2D eigenvalue weighted by molar-refractivity contribution is 7.98. The van der Waals surface area contributed by atoms with Crippen LogP contribution in [-0.2, 0) is 9.53 Å². The van der Waals surface area contributed by atoms with Crippen LogP contribution in [0, 0.1) is 0 Å². The summed E-state index contributed by atoms with van der Waals surface area (Å²) in [5.41, 5.74) is 1.20. The van der Waals surface area contributed by atoms with Gasteiger partial charge in [0.05, 0.1) is 12.2 Å². The van der Waals surface area contributed by atoms with E-state index in [1.807, 2.05) is 6.26 Å². The summed E-state index contributed by atoms with van der Waals surface area (Å²) < 4.78 is 4.93. The van der Waals surface area contributed by atoms with Crippen LogP contribution in [0.1, 0.15) is 35.1 Å². The average molecular weight is 287 g/mol. The average Bonchev–Trinajstić information content (AvgIpc) is 2.37. The number of alkyl halides is 1. The SMILES string of the molecule is CCOC(=O)c1ccc(C(Cl)C(C)=O)c(SC)c1. The summed E-state index contributed by atoms with van der Waals surface area (Å²) in [5.74, 6) is -0.482. The molecule has 1 aromatic rings. The van der Waals surface area contributed by atoms with Crippen LogP contribution in [0.4, 0.5) is 0 Å². The van der Waals surface area contributed by atoms with Gasteiger partial charge in [-0.1, -0.05) is 6.07 Å². The fraction of sp³-hybridized carbons (Fsp3) is 0.385. The van der Waals surface area contributed by atoms with Crippen molar-refractivity contribution < 1.29 is 14.3 Å². The van der Waals surface area contributed by atoms with Crippen molar-refractivity contribution in [3.8, 4) is 0 Å². The summed E-state index contributed by atoms with van der Waals surface area (Å²) in [6.07, 6.45) is 1.87. The molecule has 18 heavy (non-hydrogen) atoms. The zero-order valence-electron chi connectivity index (χ0n) is 10.5. The Morgan fingerprint density at radius 3 is 2.61 bits per heavy atom. The summed E-state index contributed by atoms with van der Waals surface area (Å²) in [7, 11) is 0. The van der Waals surface area contributed by atoms with E-state index in [1.54, 1.807) is 25.1 Å². The fourth-order valence-electron chi connectivity index (χ4n) is 1.48. The highest BCUT2D eigenvalue weighted by Crippen LogP contribution is 2.31. The van der Waals surface area contributed by atoms with Crippen LogP contribution in [0.25, 0.3) is 0 Å². The van der Waals surface area contributed by atoms with Gasteiger partial charge in [-0.25, -0.2) is 4.79 Å². The van der Waals surface area contributed by atoms with E-state index in [-0.39, 0.29) is 11.8 Å². The third-order valence-electron chi connectivity index (χ3n) is 2.37. The Morgan fingerprint density at radius 1 is 1.44 bits per heavy atom. The number of hydrogen-bond donors (Lipinski definition) is 0. The van der Waals surface area contributed by atoms with Gasteiger partial charge in [0.1, 0.15) is 5.38 Å². The van der Waals surface area contributed by atoms with Crippen LogP contribution >= 0.6 is 23.4 Å². The van der Waals surface area contributed by atoms with Crippen LogP contribution in [0.5, 0.6) is 0 Å². The van der Waals surface area contributed by atoms with Crippen LogP contribution < -0.4 is 0 Å². The second kappa shape index (κ2) is 6.81. The Morgan fingerprint density at radius 2 is 2.11 bits per heavy atom. The number of thioether (sulfide) groups is 1. The molecule has 0 aliphatic heterocycles. The van der Waals surface area contributed by atoms with Gasteiger partial charge in [-0.15, -0.1) is 23.4 Å². The normalized spacial score (nSPS) is 12.0. The lowest BCUT2D eigenvalue weighted by molar-refractivity contribution is -0.116. The van der Waals surface area contributed by atoms with E-state index in [1.165, 1.54) is 18.7 Å². The number of hydrogen-bond acceptors (Lipinski definition) is 4. The maximum absolute atomic E-state index is 11.6. The van der Waals surface area contributed by atoms with E-state index in [0.29, 0.717) is 12.2 Å². The van der Waals surface area contributed by atoms with E-state index >= 15 is 0 Å². The molecule has 1 atom stereocenters. The molecule has 0 amide bonds. The molecule has 0 fully saturated rings. The zero-order valence-corrected chi connectivity index (χ0v) is 12.1. The third-order valence-corrected chi connectivity index (χ3v) is 3.71. The van der Waals surface area contributed by atoms with Gasteiger partial charge in [-0.3, -0.25) is 4.79 Å². The molecule has 1 aromatic carbocycles. The van der Waals surface area contributed by atoms with Crippen molar-refractivity contribution in [2.45, 2.75) is 24.1 Å². The number of carbonyl (C=O) groups excluding carboxylic acids is 2. The minimum Gasteiger partial charge on any atom is -0.462 e. The molecular formula is C13H15ClO3S. The number of Topliss-reactive ketones (excluding diaryl/α,β-unsaturated/α-hetero) is 1. The fourth-order valence-corrected chi connectivity index (χ4v) is 2.40. The van der Waals surface area contributed by atoms with Crippen LogP contribution in [0.15, 0.2) is 23.1 Å². The molecule has 0 aliphatic carbocycles. The smallest absolute Gasteiger partial charge is 0.338 e. The van der Waals surface area contributed by atoms with Crippen LogP contribution in [0.2, 0.25) is 0 Å². The number of halogens is 1. The number of carbonyl (C=O) groups is 2. The zero-order chi connectivity index (χ0) is 13.7. The molecule has 0 aliphatic rings. The number of rotatable bonds is 5. The largest absolute Gasteiger partial charge is 0.462 e. The summed E-state index contributed by atoms with van der Waals surface area (Å²) in [5, 5.41) is -0.677. The molecule has 0 N–H and O–H groups in total. The maximum atomic E-state index is 11.6. The molecule has 0 aromatic heterocycles. The Labute approximate surface area is 116 Å². The summed E-state index contributed by atoms with van der Waals surface area (Å²) in [6.45, 7) is 3.54. The molecular weight excluding hydrogens is 272 g/mol. The first kappa shape index (κ1) is 15.1. The van der Waals surface area contributed by atoms with E-state index in [4.69, 9.17) is 16.3 Å². The number of ether oxygens (including phenoxy) is 1. The van der Waals surface area contributed by atoms with Gasteiger partial charge in [0.15, 0.2) is 5.78 Å². The highest BCUT2D eigenvalue weighted by atomic mass is 35.5. The monoisotopic (exact) mass is 286 g/mol. The second-order valence-electron chi connectivity index (χ2n) is 3.65. The van der Waals surface area contributed by atoms with E-state index in [2.05, 4.69) is 0 Å². The van der Waals surface area contributed by atoms with E-state index in [0.717, 1.165) is 10.5 Å². The first-order valence-corrected chi connectivity index (χ1v) is 7.17. The van der Waals surface area contributed by atoms with Crippen LogP contribution in [0.3, 0.4) is 0 Å². The summed E-state index contributed by atoms with van der Waals surface area (Å²) in [4.78, 5) is 23.7. The quantitative estimate of drug-likeness (QED) is 0.472. The van der Waals surface area contributed by atoms with Gasteiger partial charge < -0.3 is 4.74 Å². The van der Waals surface area contributed by atoms with Crippen molar-refractivity contribution >= 4 is 35.1 Å². The van der Waals surface area contributed by atoms with Crippen LogP contribution in [-0.4, -0.2) is 24.6 Å². The topological polar surface area (TPSA) is 43.4 Å². The highest BCUT2D eigenvalue weighted by Gasteiger charge is 2.18. The number of benzene rings is 1. The molecule has 0 heterocycles. The van der Waals surface area contributed by atoms with Gasteiger partial charge >= 0.3 is 5.97 Å². The van der Waals surface area contributed by atoms with Gasteiger partial charge in [0, 0.05) is 4.90 Å². The lowest BCUT2D eigenvalue weighted by Crippen LogP contribution is -2.07. The Hall–Kier alpha value is -1.00.